The molecule has 1 unspecified atom stereocenters. The highest BCUT2D eigenvalue weighted by Crippen LogP contribution is 2.23. The zero-order chi connectivity index (χ0) is 13.9. The maximum atomic E-state index is 11.1. The van der Waals surface area contributed by atoms with Crippen molar-refractivity contribution in [1.29, 1.82) is 0 Å². The fourth-order valence-electron chi connectivity index (χ4n) is 1.80. The van der Waals surface area contributed by atoms with E-state index in [1.165, 1.54) is 0 Å². The smallest absolute Gasteiger partial charge is 0.264 e. The van der Waals surface area contributed by atoms with Crippen LogP contribution in [-0.2, 0) is 14.3 Å². The van der Waals surface area contributed by atoms with Crippen LogP contribution in [0.15, 0.2) is 48.8 Å². The van der Waals surface area contributed by atoms with Crippen LogP contribution < -0.4 is 0 Å². The van der Waals surface area contributed by atoms with Crippen LogP contribution in [0.1, 0.15) is 18.6 Å². The average molecular weight is 277 g/mol. The van der Waals surface area contributed by atoms with E-state index in [0.29, 0.717) is 0 Å². The van der Waals surface area contributed by atoms with Crippen molar-refractivity contribution in [2.75, 3.05) is 6.26 Å². The van der Waals surface area contributed by atoms with Crippen molar-refractivity contribution in [2.45, 2.75) is 13.0 Å². The fraction of sp³-hybridized carbons (Fsp3) is 0.214. The van der Waals surface area contributed by atoms with Crippen LogP contribution in [0.25, 0.3) is 11.1 Å². The van der Waals surface area contributed by atoms with Gasteiger partial charge in [0, 0.05) is 12.4 Å². The second-order valence-electron chi connectivity index (χ2n) is 4.31. The van der Waals surface area contributed by atoms with Crippen molar-refractivity contribution in [3.05, 3.63) is 54.4 Å². The second kappa shape index (κ2) is 5.50. The van der Waals surface area contributed by atoms with Crippen LogP contribution in [0.2, 0.25) is 0 Å². The molecule has 1 heterocycles. The van der Waals surface area contributed by atoms with Crippen molar-refractivity contribution >= 4 is 10.1 Å². The Morgan fingerprint density at radius 2 is 1.79 bits per heavy atom. The van der Waals surface area contributed by atoms with Gasteiger partial charge in [0.1, 0.15) is 0 Å². The second-order valence-corrected chi connectivity index (χ2v) is 5.91. The first kappa shape index (κ1) is 13.7. The molecule has 5 heteroatoms. The number of nitrogens with zero attached hydrogens (tertiary/aromatic N) is 1. The van der Waals surface area contributed by atoms with Gasteiger partial charge < -0.3 is 0 Å². The fourth-order valence-corrected chi connectivity index (χ4v) is 2.43. The van der Waals surface area contributed by atoms with Gasteiger partial charge in [-0.15, -0.1) is 0 Å². The van der Waals surface area contributed by atoms with Gasteiger partial charge in [-0.1, -0.05) is 30.3 Å². The summed E-state index contributed by atoms with van der Waals surface area (Å²) in [6.07, 6.45) is 4.07. The number of hydrogen-bond donors (Lipinski definition) is 0. The van der Waals surface area contributed by atoms with Crippen molar-refractivity contribution in [2.24, 2.45) is 0 Å². The molecule has 0 aliphatic heterocycles. The lowest BCUT2D eigenvalue weighted by molar-refractivity contribution is 0.237. The molecule has 19 heavy (non-hydrogen) atoms. The van der Waals surface area contributed by atoms with Crippen molar-refractivity contribution < 1.29 is 12.6 Å². The van der Waals surface area contributed by atoms with Crippen molar-refractivity contribution in [1.82, 2.24) is 4.98 Å². The standard InChI is InChI=1S/C14H15NO3S/c1-11(18-19(2,16)17)12-5-7-13(8-6-12)14-4-3-9-15-10-14/h3-11H,1-2H3. The molecule has 0 saturated carbocycles. The Kier molecular flexibility index (Phi) is 3.97. The van der Waals surface area contributed by atoms with Crippen LogP contribution in [0, 0.1) is 0 Å². The topological polar surface area (TPSA) is 56.3 Å². The van der Waals surface area contributed by atoms with Crippen molar-refractivity contribution in [3.63, 3.8) is 0 Å². The van der Waals surface area contributed by atoms with Crippen molar-refractivity contribution in [3.8, 4) is 11.1 Å². The molecule has 0 aliphatic rings. The first-order valence-electron chi connectivity index (χ1n) is 5.84. The summed E-state index contributed by atoms with van der Waals surface area (Å²) in [5.74, 6) is 0. The van der Waals surface area contributed by atoms with Gasteiger partial charge in [-0.05, 0) is 29.7 Å². The molecule has 0 fully saturated rings. The van der Waals surface area contributed by atoms with Crippen LogP contribution in [0.5, 0.6) is 0 Å². The highest BCUT2D eigenvalue weighted by atomic mass is 32.2. The van der Waals surface area contributed by atoms with Gasteiger partial charge in [0.05, 0.1) is 12.4 Å². The number of benzene rings is 1. The van der Waals surface area contributed by atoms with Gasteiger partial charge in [0.15, 0.2) is 0 Å². The molecule has 1 atom stereocenters. The van der Waals surface area contributed by atoms with E-state index < -0.39 is 16.2 Å². The van der Waals surface area contributed by atoms with Crippen LogP contribution in [-0.4, -0.2) is 19.7 Å². The normalized spacial score (nSPS) is 13.2. The number of pyridine rings is 1. The van der Waals surface area contributed by atoms with E-state index in [2.05, 4.69) is 4.98 Å². The molecule has 0 radical (unpaired) electrons. The van der Waals surface area contributed by atoms with Gasteiger partial charge >= 0.3 is 0 Å². The Balaban J connectivity index is 2.19. The molecule has 0 bridgehead atoms. The lowest BCUT2D eigenvalue weighted by Crippen LogP contribution is -2.07. The van der Waals surface area contributed by atoms with Gasteiger partial charge in [-0.25, -0.2) is 0 Å². The van der Waals surface area contributed by atoms with Gasteiger partial charge in [0.2, 0.25) is 0 Å². The third kappa shape index (κ3) is 3.87. The minimum Gasteiger partial charge on any atom is -0.264 e. The molecule has 0 saturated heterocycles. The zero-order valence-corrected chi connectivity index (χ0v) is 11.6. The summed E-state index contributed by atoms with van der Waals surface area (Å²) in [6, 6.07) is 11.4. The molecule has 0 spiro atoms. The molecule has 1 aromatic heterocycles. The largest absolute Gasteiger partial charge is 0.264 e. The van der Waals surface area contributed by atoms with Crippen LogP contribution in [0.4, 0.5) is 0 Å². The molecule has 0 N–H and O–H groups in total. The monoisotopic (exact) mass is 277 g/mol. The Hall–Kier alpha value is -1.72. The summed E-state index contributed by atoms with van der Waals surface area (Å²) in [7, 11) is -3.44. The van der Waals surface area contributed by atoms with Crippen LogP contribution in [0.3, 0.4) is 0 Å². The average Bonchev–Trinajstić information content (AvgIpc) is 2.38. The molecular formula is C14H15NO3S. The first-order chi connectivity index (χ1) is 8.96. The minimum atomic E-state index is -3.44. The molecule has 100 valence electrons. The number of hydrogen-bond acceptors (Lipinski definition) is 4. The lowest BCUT2D eigenvalue weighted by Gasteiger charge is -2.11. The molecule has 0 amide bonds. The Morgan fingerprint density at radius 3 is 2.32 bits per heavy atom. The van der Waals surface area contributed by atoms with Crippen LogP contribution >= 0.6 is 0 Å². The molecule has 2 aromatic rings. The lowest BCUT2D eigenvalue weighted by atomic mass is 10.0. The number of aromatic nitrogens is 1. The van der Waals surface area contributed by atoms with E-state index in [9.17, 15) is 8.42 Å². The predicted molar refractivity (Wildman–Crippen MR) is 74.0 cm³/mol. The summed E-state index contributed by atoms with van der Waals surface area (Å²) in [5.41, 5.74) is 2.87. The summed E-state index contributed by atoms with van der Waals surface area (Å²) in [4.78, 5) is 4.06. The first-order valence-corrected chi connectivity index (χ1v) is 7.66. The summed E-state index contributed by atoms with van der Waals surface area (Å²) in [6.45, 7) is 1.71. The summed E-state index contributed by atoms with van der Waals surface area (Å²) >= 11 is 0. The molecule has 2 rings (SSSR count). The Bertz CT molecular complexity index is 636. The SMILES string of the molecule is CC(OS(C)(=O)=O)c1ccc(-c2cccnc2)cc1. The highest BCUT2D eigenvalue weighted by Gasteiger charge is 2.12. The van der Waals surface area contributed by atoms with E-state index in [-0.39, 0.29) is 0 Å². The van der Waals surface area contributed by atoms with E-state index >= 15 is 0 Å². The molecule has 1 aromatic carbocycles. The Morgan fingerprint density at radius 1 is 1.11 bits per heavy atom. The molecule has 4 nitrogen and oxygen atoms in total. The van der Waals surface area contributed by atoms with E-state index in [0.717, 1.165) is 22.9 Å². The third-order valence-electron chi connectivity index (χ3n) is 2.69. The third-order valence-corrected chi connectivity index (χ3v) is 3.33. The van der Waals surface area contributed by atoms with Gasteiger partial charge in [0.25, 0.3) is 10.1 Å². The zero-order valence-electron chi connectivity index (χ0n) is 10.8. The maximum absolute atomic E-state index is 11.1. The van der Waals surface area contributed by atoms with E-state index in [4.69, 9.17) is 4.18 Å². The van der Waals surface area contributed by atoms with Gasteiger partial charge in [-0.2, -0.15) is 8.42 Å². The maximum Gasteiger partial charge on any atom is 0.264 e. The minimum absolute atomic E-state index is 0.488. The summed E-state index contributed by atoms with van der Waals surface area (Å²) in [5, 5.41) is 0. The predicted octanol–water partition coefficient (Wildman–Crippen LogP) is 2.79. The highest BCUT2D eigenvalue weighted by molar-refractivity contribution is 7.86. The molecular weight excluding hydrogens is 262 g/mol. The van der Waals surface area contributed by atoms with E-state index in [1.54, 1.807) is 19.3 Å². The number of rotatable bonds is 4. The summed E-state index contributed by atoms with van der Waals surface area (Å²) < 4.78 is 27.1. The van der Waals surface area contributed by atoms with Gasteiger partial charge in [-0.3, -0.25) is 9.17 Å². The molecule has 0 aliphatic carbocycles. The quantitative estimate of drug-likeness (QED) is 0.806. The van der Waals surface area contributed by atoms with E-state index in [1.807, 2.05) is 36.4 Å². The Labute approximate surface area is 113 Å².